The molecule has 1 N–H and O–H groups in total. The number of hydrogen-bond donors (Lipinski definition) is 1. The zero-order valence-corrected chi connectivity index (χ0v) is 9.79. The molecule has 0 aliphatic carbocycles. The molecule has 0 saturated heterocycles. The van der Waals surface area contributed by atoms with Gasteiger partial charge >= 0.3 is 0 Å². The minimum atomic E-state index is 0.216. The normalized spacial score (nSPS) is 11.4. The minimum Gasteiger partial charge on any atom is -0.504 e. The van der Waals surface area contributed by atoms with Crippen LogP contribution in [0.25, 0.3) is 0 Å². The Morgan fingerprint density at radius 2 is 1.87 bits per heavy atom. The van der Waals surface area contributed by atoms with Crippen molar-refractivity contribution in [2.75, 3.05) is 6.61 Å². The topological polar surface area (TPSA) is 29.5 Å². The van der Waals surface area contributed by atoms with Gasteiger partial charge in [0.2, 0.25) is 0 Å². The molecule has 0 saturated carbocycles. The highest BCUT2D eigenvalue weighted by molar-refractivity contribution is 5.37. The summed E-state index contributed by atoms with van der Waals surface area (Å²) in [6.45, 7) is 7.31. The minimum absolute atomic E-state index is 0.216. The van der Waals surface area contributed by atoms with Crippen molar-refractivity contribution < 1.29 is 9.84 Å². The number of phenolic OH excluding ortho intramolecular Hbond substituents is 1. The molecule has 0 aliphatic heterocycles. The van der Waals surface area contributed by atoms with Crippen LogP contribution >= 0.6 is 0 Å². The molecule has 0 bridgehead atoms. The second-order valence-corrected chi connectivity index (χ2v) is 4.98. The fourth-order valence-electron chi connectivity index (χ4n) is 1.36. The average Bonchev–Trinajstić information content (AvgIpc) is 2.13. The maximum Gasteiger partial charge on any atom is 0.160 e. The van der Waals surface area contributed by atoms with Gasteiger partial charge in [0.15, 0.2) is 11.5 Å². The second-order valence-electron chi connectivity index (χ2n) is 4.98. The van der Waals surface area contributed by atoms with E-state index in [-0.39, 0.29) is 5.75 Å². The lowest BCUT2D eigenvalue weighted by molar-refractivity contribution is 0.260. The molecule has 0 aromatic heterocycles. The van der Waals surface area contributed by atoms with Gasteiger partial charge in [-0.1, -0.05) is 32.9 Å². The highest BCUT2D eigenvalue weighted by Gasteiger charge is 2.09. The molecule has 2 heteroatoms. The van der Waals surface area contributed by atoms with E-state index in [4.69, 9.17) is 4.74 Å². The summed E-state index contributed by atoms with van der Waals surface area (Å²) >= 11 is 0. The van der Waals surface area contributed by atoms with E-state index in [2.05, 4.69) is 20.8 Å². The number of para-hydroxylation sites is 2. The molecule has 15 heavy (non-hydrogen) atoms. The molecule has 84 valence electrons. The molecule has 0 heterocycles. The summed E-state index contributed by atoms with van der Waals surface area (Å²) in [5.41, 5.74) is 0.349. The summed E-state index contributed by atoms with van der Waals surface area (Å²) in [6.07, 6.45) is 2.14. The molecule has 0 radical (unpaired) electrons. The van der Waals surface area contributed by atoms with Crippen LogP contribution in [0.2, 0.25) is 0 Å². The van der Waals surface area contributed by atoms with E-state index in [1.54, 1.807) is 18.2 Å². The first-order valence-corrected chi connectivity index (χ1v) is 5.40. The third-order valence-corrected chi connectivity index (χ3v) is 2.19. The predicted octanol–water partition coefficient (Wildman–Crippen LogP) is 3.60. The largest absolute Gasteiger partial charge is 0.504 e. The third-order valence-electron chi connectivity index (χ3n) is 2.19. The lowest BCUT2D eigenvalue weighted by Crippen LogP contribution is -2.07. The number of rotatable bonds is 4. The van der Waals surface area contributed by atoms with Crippen LogP contribution in [-0.4, -0.2) is 11.7 Å². The first-order valence-electron chi connectivity index (χ1n) is 5.40. The van der Waals surface area contributed by atoms with Crippen molar-refractivity contribution >= 4 is 0 Å². The summed E-state index contributed by atoms with van der Waals surface area (Å²) in [5.74, 6) is 0.791. The Kier molecular flexibility index (Phi) is 4.01. The molecule has 1 aromatic rings. The molecule has 0 unspecified atom stereocenters. The van der Waals surface area contributed by atoms with Crippen LogP contribution in [0.3, 0.4) is 0 Å². The number of phenols is 1. The van der Waals surface area contributed by atoms with E-state index < -0.39 is 0 Å². The number of aromatic hydroxyl groups is 1. The van der Waals surface area contributed by atoms with Crippen LogP contribution in [0.1, 0.15) is 33.6 Å². The number of benzene rings is 1. The van der Waals surface area contributed by atoms with Crippen molar-refractivity contribution in [3.63, 3.8) is 0 Å². The summed E-state index contributed by atoms with van der Waals surface area (Å²) < 4.78 is 5.48. The van der Waals surface area contributed by atoms with Crippen LogP contribution in [0.15, 0.2) is 24.3 Å². The van der Waals surface area contributed by atoms with Gasteiger partial charge in [-0.25, -0.2) is 0 Å². The number of hydrogen-bond acceptors (Lipinski definition) is 2. The van der Waals surface area contributed by atoms with Gasteiger partial charge in [0.05, 0.1) is 6.61 Å². The molecule has 0 spiro atoms. The number of ether oxygens (including phenoxy) is 1. The zero-order chi connectivity index (χ0) is 11.3. The van der Waals surface area contributed by atoms with E-state index in [0.717, 1.165) is 12.8 Å². The molecule has 1 aromatic carbocycles. The van der Waals surface area contributed by atoms with Crippen LogP contribution in [-0.2, 0) is 0 Å². The Labute approximate surface area is 91.9 Å². The van der Waals surface area contributed by atoms with Gasteiger partial charge in [0, 0.05) is 0 Å². The fourth-order valence-corrected chi connectivity index (χ4v) is 1.36. The zero-order valence-electron chi connectivity index (χ0n) is 9.79. The summed E-state index contributed by atoms with van der Waals surface area (Å²) in [5, 5.41) is 9.44. The molecule has 0 fully saturated rings. The Morgan fingerprint density at radius 1 is 1.20 bits per heavy atom. The molecule has 0 aliphatic rings. The van der Waals surface area contributed by atoms with Gasteiger partial charge < -0.3 is 9.84 Å². The van der Waals surface area contributed by atoms with Crippen molar-refractivity contribution in [2.24, 2.45) is 5.41 Å². The van der Waals surface area contributed by atoms with Crippen LogP contribution in [0.4, 0.5) is 0 Å². The summed E-state index contributed by atoms with van der Waals surface area (Å²) in [7, 11) is 0. The predicted molar refractivity (Wildman–Crippen MR) is 62.3 cm³/mol. The maximum absolute atomic E-state index is 9.44. The summed E-state index contributed by atoms with van der Waals surface area (Å²) in [4.78, 5) is 0. The van der Waals surface area contributed by atoms with Gasteiger partial charge in [-0.15, -0.1) is 0 Å². The van der Waals surface area contributed by atoms with Gasteiger partial charge in [0.1, 0.15) is 0 Å². The van der Waals surface area contributed by atoms with Crippen molar-refractivity contribution in [3.05, 3.63) is 24.3 Å². The Morgan fingerprint density at radius 3 is 2.47 bits per heavy atom. The second kappa shape index (κ2) is 5.06. The van der Waals surface area contributed by atoms with Crippen molar-refractivity contribution in [1.29, 1.82) is 0 Å². The highest BCUT2D eigenvalue weighted by Crippen LogP contribution is 2.25. The molecule has 2 nitrogen and oxygen atoms in total. The Hall–Kier alpha value is -1.18. The quantitative estimate of drug-likeness (QED) is 0.766. The highest BCUT2D eigenvalue weighted by atomic mass is 16.5. The first-order chi connectivity index (χ1) is 6.99. The van der Waals surface area contributed by atoms with Gasteiger partial charge in [-0.05, 0) is 30.4 Å². The molecule has 1 rings (SSSR count). The van der Waals surface area contributed by atoms with E-state index >= 15 is 0 Å². The SMILES string of the molecule is CC(C)(C)CCCOc1ccccc1O. The Bertz CT molecular complexity index is 300. The van der Waals surface area contributed by atoms with Gasteiger partial charge in [-0.2, -0.15) is 0 Å². The standard InChI is InChI=1S/C13H20O2/c1-13(2,3)9-6-10-15-12-8-5-4-7-11(12)14/h4-5,7-8,14H,6,9-10H2,1-3H3. The van der Waals surface area contributed by atoms with Crippen LogP contribution in [0, 0.1) is 5.41 Å². The van der Waals surface area contributed by atoms with E-state index in [1.165, 1.54) is 0 Å². The van der Waals surface area contributed by atoms with E-state index in [1.807, 2.05) is 6.07 Å². The summed E-state index contributed by atoms with van der Waals surface area (Å²) in [6, 6.07) is 7.07. The first kappa shape index (κ1) is 11.9. The van der Waals surface area contributed by atoms with E-state index in [9.17, 15) is 5.11 Å². The van der Waals surface area contributed by atoms with Crippen molar-refractivity contribution in [3.8, 4) is 11.5 Å². The van der Waals surface area contributed by atoms with Crippen molar-refractivity contribution in [1.82, 2.24) is 0 Å². The van der Waals surface area contributed by atoms with E-state index in [0.29, 0.717) is 17.8 Å². The smallest absolute Gasteiger partial charge is 0.160 e. The lowest BCUT2D eigenvalue weighted by atomic mass is 9.91. The van der Waals surface area contributed by atoms with Crippen molar-refractivity contribution in [2.45, 2.75) is 33.6 Å². The van der Waals surface area contributed by atoms with Gasteiger partial charge in [-0.3, -0.25) is 0 Å². The Balaban J connectivity index is 2.30. The average molecular weight is 208 g/mol. The molecular weight excluding hydrogens is 188 g/mol. The lowest BCUT2D eigenvalue weighted by Gasteiger charge is -2.17. The van der Waals surface area contributed by atoms with Crippen LogP contribution in [0.5, 0.6) is 11.5 Å². The van der Waals surface area contributed by atoms with Crippen LogP contribution < -0.4 is 4.74 Å². The molecule has 0 atom stereocenters. The third kappa shape index (κ3) is 4.73. The maximum atomic E-state index is 9.44. The fraction of sp³-hybridized carbons (Fsp3) is 0.538. The molecule has 0 amide bonds. The van der Waals surface area contributed by atoms with Gasteiger partial charge in [0.25, 0.3) is 0 Å². The monoisotopic (exact) mass is 208 g/mol. The molecular formula is C13H20O2.